The van der Waals surface area contributed by atoms with Gasteiger partial charge < -0.3 is 35.2 Å². The van der Waals surface area contributed by atoms with Crippen LogP contribution in [-0.2, 0) is 17.8 Å². The Bertz CT molecular complexity index is 2390. The number of nitrogens with zero attached hydrogens (tertiary/aromatic N) is 6. The smallest absolute Gasteiger partial charge is 0.336 e. The molecule has 61 heavy (non-hydrogen) atoms. The average molecular weight is 905 g/mol. The molecule has 9 rings (SSSR count). The van der Waals surface area contributed by atoms with E-state index in [0.717, 1.165) is 118 Å². The van der Waals surface area contributed by atoms with Gasteiger partial charge in [-0.1, -0.05) is 64.6 Å². The largest absolute Gasteiger partial charge is 0.478 e. The number of ether oxygens (including phenoxy) is 1. The van der Waals surface area contributed by atoms with Crippen molar-refractivity contribution in [2.75, 3.05) is 86.0 Å². The lowest BCUT2D eigenvalue weighted by atomic mass is 10.0. The molecule has 0 unspecified atom stereocenters. The van der Waals surface area contributed by atoms with Crippen LogP contribution >= 0.6 is 46.4 Å². The molecular formula is C45H46Cl4N8O4. The van der Waals surface area contributed by atoms with E-state index in [0.29, 0.717) is 50.3 Å². The van der Waals surface area contributed by atoms with Gasteiger partial charge in [0.2, 0.25) is 0 Å². The third kappa shape index (κ3) is 10.1. The summed E-state index contributed by atoms with van der Waals surface area (Å²) < 4.78 is 5.48. The number of benzene rings is 3. The Morgan fingerprint density at radius 3 is 1.89 bits per heavy atom. The SMILES string of the molecule is O=C(O)c1ccccc1-c1cnc2c(c1)N(Cc1cc(Cl)ccc1Cl)CCN2.O=C(c1cnc2c(c1)N(Cc1cc(Cl)ccc1Cl)CCN2)N1CCC(N2CCOCC2)CC1. The number of carboxylic acids is 1. The van der Waals surface area contributed by atoms with Gasteiger partial charge in [-0.2, -0.15) is 0 Å². The number of hydrogen-bond donors (Lipinski definition) is 3. The molecule has 0 spiro atoms. The zero-order valence-corrected chi connectivity index (χ0v) is 36.5. The van der Waals surface area contributed by atoms with Crippen molar-refractivity contribution in [3.8, 4) is 11.1 Å². The molecule has 0 radical (unpaired) electrons. The molecule has 2 saturated heterocycles. The summed E-state index contributed by atoms with van der Waals surface area (Å²) in [6, 6.07) is 22.3. The lowest BCUT2D eigenvalue weighted by molar-refractivity contribution is 0.00158. The summed E-state index contributed by atoms with van der Waals surface area (Å²) in [4.78, 5) is 42.8. The van der Waals surface area contributed by atoms with Crippen LogP contribution in [0.15, 0.2) is 85.2 Å². The van der Waals surface area contributed by atoms with E-state index in [4.69, 9.17) is 51.1 Å². The summed E-state index contributed by atoms with van der Waals surface area (Å²) in [6.07, 6.45) is 5.40. The number of carbonyl (C=O) groups excluding carboxylic acids is 1. The number of fused-ring (bicyclic) bond motifs is 2. The third-order valence-electron chi connectivity index (χ3n) is 11.5. The molecule has 0 saturated carbocycles. The highest BCUT2D eigenvalue weighted by atomic mass is 35.5. The molecule has 2 aromatic heterocycles. The Morgan fingerprint density at radius 1 is 0.705 bits per heavy atom. The molecule has 6 heterocycles. The molecule has 2 fully saturated rings. The van der Waals surface area contributed by atoms with Crippen LogP contribution in [0.2, 0.25) is 20.1 Å². The van der Waals surface area contributed by atoms with E-state index < -0.39 is 5.97 Å². The highest BCUT2D eigenvalue weighted by Crippen LogP contribution is 2.36. The average Bonchev–Trinajstić information content (AvgIpc) is 3.29. The zero-order chi connectivity index (χ0) is 42.5. The van der Waals surface area contributed by atoms with Gasteiger partial charge in [0.25, 0.3) is 5.91 Å². The monoisotopic (exact) mass is 902 g/mol. The summed E-state index contributed by atoms with van der Waals surface area (Å²) in [6.45, 7) is 9.44. The van der Waals surface area contributed by atoms with Crippen molar-refractivity contribution in [2.45, 2.75) is 32.0 Å². The fraction of sp³-hybridized carbons (Fsp3) is 0.333. The van der Waals surface area contributed by atoms with Crippen molar-refractivity contribution < 1.29 is 19.4 Å². The number of halogens is 4. The molecule has 4 aliphatic heterocycles. The predicted octanol–water partition coefficient (Wildman–Crippen LogP) is 8.94. The van der Waals surface area contributed by atoms with Gasteiger partial charge in [0, 0.05) is 110 Å². The van der Waals surface area contributed by atoms with Crippen molar-refractivity contribution in [1.29, 1.82) is 0 Å². The summed E-state index contributed by atoms with van der Waals surface area (Å²) in [5.41, 5.74) is 5.98. The van der Waals surface area contributed by atoms with Gasteiger partial charge in [-0.3, -0.25) is 9.69 Å². The van der Waals surface area contributed by atoms with Crippen LogP contribution < -0.4 is 20.4 Å². The first-order chi connectivity index (χ1) is 29.6. The minimum atomic E-state index is -0.964. The van der Waals surface area contributed by atoms with E-state index >= 15 is 0 Å². The molecule has 318 valence electrons. The molecular weight excluding hydrogens is 858 g/mol. The van der Waals surface area contributed by atoms with E-state index in [1.165, 1.54) is 0 Å². The summed E-state index contributed by atoms with van der Waals surface area (Å²) in [7, 11) is 0. The molecule has 1 amide bonds. The Morgan fingerprint density at radius 2 is 1.28 bits per heavy atom. The number of amides is 1. The number of aromatic carboxylic acids is 1. The lowest BCUT2D eigenvalue weighted by Gasteiger charge is -2.40. The van der Waals surface area contributed by atoms with E-state index in [2.05, 4.69) is 35.3 Å². The van der Waals surface area contributed by atoms with E-state index in [1.807, 2.05) is 41.3 Å². The topological polar surface area (TPSA) is 126 Å². The van der Waals surface area contributed by atoms with Gasteiger partial charge in [0.1, 0.15) is 11.6 Å². The number of carbonyl (C=O) groups is 2. The van der Waals surface area contributed by atoms with E-state index in [1.54, 1.807) is 48.8 Å². The molecule has 0 aliphatic carbocycles. The van der Waals surface area contributed by atoms with Crippen LogP contribution in [0.4, 0.5) is 23.0 Å². The minimum absolute atomic E-state index is 0.0528. The lowest BCUT2D eigenvalue weighted by Crippen LogP contribution is -2.50. The Hall–Kier alpha value is -4.82. The molecule has 4 aliphatic rings. The van der Waals surface area contributed by atoms with Crippen molar-refractivity contribution in [2.24, 2.45) is 0 Å². The van der Waals surface area contributed by atoms with Gasteiger partial charge in [0.05, 0.1) is 35.7 Å². The van der Waals surface area contributed by atoms with Crippen molar-refractivity contribution in [1.82, 2.24) is 19.8 Å². The zero-order valence-electron chi connectivity index (χ0n) is 33.4. The van der Waals surface area contributed by atoms with Gasteiger partial charge in [-0.05, 0) is 84.1 Å². The van der Waals surface area contributed by atoms with Gasteiger partial charge in [-0.15, -0.1) is 0 Å². The second-order valence-electron chi connectivity index (χ2n) is 15.4. The van der Waals surface area contributed by atoms with Gasteiger partial charge in [0.15, 0.2) is 0 Å². The van der Waals surface area contributed by atoms with E-state index in [-0.39, 0.29) is 11.5 Å². The van der Waals surface area contributed by atoms with Crippen molar-refractivity contribution in [3.63, 3.8) is 0 Å². The number of likely N-dealkylation sites (tertiary alicyclic amines) is 1. The maximum Gasteiger partial charge on any atom is 0.336 e. The maximum absolute atomic E-state index is 13.3. The highest BCUT2D eigenvalue weighted by molar-refractivity contribution is 6.34. The fourth-order valence-corrected chi connectivity index (χ4v) is 9.08. The van der Waals surface area contributed by atoms with Crippen LogP contribution in [0.3, 0.4) is 0 Å². The number of nitrogens with one attached hydrogen (secondary N) is 2. The first-order valence-corrected chi connectivity index (χ1v) is 21.9. The number of pyridine rings is 2. The molecule has 16 heteroatoms. The standard InChI is InChI=1S/C24H29Cl2N5O2.C21H17Cl2N3O2/c25-19-1-2-21(26)18(13-19)16-31-8-5-27-23-22(31)14-17(15-28-23)24(32)30-6-3-20(4-7-30)29-9-11-33-12-10-29;22-15-5-6-18(23)14(9-15)12-26-8-7-24-20-19(26)10-13(11-25-20)16-3-1-2-4-17(16)21(27)28/h1-2,13-15,20H,3-12,16H2,(H,27,28);1-6,9-11H,7-8,12H2,(H,24,25)(H,27,28). The minimum Gasteiger partial charge on any atom is -0.478 e. The van der Waals surface area contributed by atoms with Crippen LogP contribution in [-0.4, -0.2) is 108 Å². The normalized spacial score (nSPS) is 16.7. The first kappa shape index (κ1) is 42.9. The molecule has 0 bridgehead atoms. The number of rotatable bonds is 8. The second kappa shape index (κ2) is 19.5. The van der Waals surface area contributed by atoms with Crippen molar-refractivity contribution in [3.05, 3.63) is 128 Å². The Kier molecular flexibility index (Phi) is 13.7. The van der Waals surface area contributed by atoms with E-state index in [9.17, 15) is 14.7 Å². The number of aromatic nitrogens is 2. The van der Waals surface area contributed by atoms with Gasteiger partial charge in [-0.25, -0.2) is 14.8 Å². The Labute approximate surface area is 375 Å². The summed E-state index contributed by atoms with van der Waals surface area (Å²) in [5, 5.41) is 18.8. The number of morpholine rings is 1. The molecule has 0 atom stereocenters. The van der Waals surface area contributed by atoms with Crippen LogP contribution in [0.1, 0.15) is 44.7 Å². The third-order valence-corrected chi connectivity index (χ3v) is 12.7. The number of hydrogen-bond acceptors (Lipinski definition) is 10. The summed E-state index contributed by atoms with van der Waals surface area (Å²) in [5.74, 6) is 0.647. The van der Waals surface area contributed by atoms with Gasteiger partial charge >= 0.3 is 5.97 Å². The van der Waals surface area contributed by atoms with Crippen LogP contribution in [0.25, 0.3) is 11.1 Å². The molecule has 3 N–H and O–H groups in total. The molecule has 5 aromatic rings. The molecule has 12 nitrogen and oxygen atoms in total. The second-order valence-corrected chi connectivity index (χ2v) is 17.1. The molecule has 3 aromatic carbocycles. The first-order valence-electron chi connectivity index (χ1n) is 20.4. The number of carboxylic acid groups (broad SMARTS) is 1. The Balaban J connectivity index is 0.000000171. The van der Waals surface area contributed by atoms with Crippen molar-refractivity contribution >= 4 is 81.3 Å². The highest BCUT2D eigenvalue weighted by Gasteiger charge is 2.30. The number of anilines is 4. The summed E-state index contributed by atoms with van der Waals surface area (Å²) >= 11 is 25.1. The van der Waals surface area contributed by atoms with Crippen LogP contribution in [0.5, 0.6) is 0 Å². The van der Waals surface area contributed by atoms with Crippen LogP contribution in [0, 0.1) is 0 Å². The fourth-order valence-electron chi connectivity index (χ4n) is 8.33. The number of piperidine rings is 1. The quantitative estimate of drug-likeness (QED) is 0.138. The predicted molar refractivity (Wildman–Crippen MR) is 244 cm³/mol. The maximum atomic E-state index is 13.3.